The Hall–Kier alpha value is -4.01. The van der Waals surface area contributed by atoms with Crippen LogP contribution in [0.4, 0.5) is 4.39 Å². The molecule has 3 N–H and O–H groups in total. The van der Waals surface area contributed by atoms with E-state index in [2.05, 4.69) is 15.4 Å². The summed E-state index contributed by atoms with van der Waals surface area (Å²) in [6.45, 7) is 0. The SMILES string of the molecule is O=C(N[C@@H](C(=O)O)c1ccc(O)cc1)c1cnn2c(C3CCCCC3)c(C3=CC=C(F)CC3)cnc12. The number of allylic oxidation sites excluding steroid dienone is 4. The summed E-state index contributed by atoms with van der Waals surface area (Å²) < 4.78 is 15.4. The highest BCUT2D eigenvalue weighted by atomic mass is 19.1. The molecule has 1 atom stereocenters. The van der Waals surface area contributed by atoms with Gasteiger partial charge in [0.1, 0.15) is 17.1 Å². The lowest BCUT2D eigenvalue weighted by molar-refractivity contribution is -0.139. The van der Waals surface area contributed by atoms with Crippen molar-refractivity contribution >= 4 is 23.1 Å². The van der Waals surface area contributed by atoms with Gasteiger partial charge in [0.15, 0.2) is 11.7 Å². The standard InChI is InChI=1S/C27H27FN4O4/c28-19-10-6-16(7-11-19)21-14-29-25-22(15-30-32(25)24(21)18-4-2-1-3-5-18)26(34)31-23(27(35)36)17-8-12-20(33)13-9-17/h6,8-10,12-15,18,23,33H,1-5,7,11H2,(H,31,34)(H,35,36)/t23-/m1/s1. The van der Waals surface area contributed by atoms with Gasteiger partial charge in [-0.1, -0.05) is 37.5 Å². The van der Waals surface area contributed by atoms with Gasteiger partial charge in [0, 0.05) is 24.1 Å². The summed E-state index contributed by atoms with van der Waals surface area (Å²) in [5, 5.41) is 26.3. The fraction of sp³-hybridized carbons (Fsp3) is 0.333. The third-order valence-corrected chi connectivity index (χ3v) is 6.99. The van der Waals surface area contributed by atoms with Crippen LogP contribution in [0.1, 0.15) is 84.1 Å². The molecule has 1 amide bonds. The minimum atomic E-state index is -1.31. The number of nitrogens with one attached hydrogen (secondary N) is 1. The molecular formula is C27H27FN4O4. The van der Waals surface area contributed by atoms with Crippen molar-refractivity contribution < 1.29 is 24.2 Å². The molecule has 2 aromatic heterocycles. The summed E-state index contributed by atoms with van der Waals surface area (Å²) in [7, 11) is 0. The van der Waals surface area contributed by atoms with Gasteiger partial charge in [0.2, 0.25) is 0 Å². The molecule has 186 valence electrons. The minimum Gasteiger partial charge on any atom is -0.508 e. The molecule has 1 saturated carbocycles. The van der Waals surface area contributed by atoms with Crippen molar-refractivity contribution in [3.05, 3.63) is 77.0 Å². The molecule has 3 aromatic rings. The zero-order valence-electron chi connectivity index (χ0n) is 19.7. The number of halogens is 1. The van der Waals surface area contributed by atoms with Gasteiger partial charge >= 0.3 is 5.97 Å². The summed E-state index contributed by atoms with van der Waals surface area (Å²) in [5.74, 6) is -1.75. The molecule has 0 unspecified atom stereocenters. The predicted molar refractivity (Wildman–Crippen MR) is 131 cm³/mol. The second-order valence-electron chi connectivity index (χ2n) is 9.33. The maximum atomic E-state index is 13.7. The van der Waals surface area contributed by atoms with Crippen LogP contribution in [0.2, 0.25) is 0 Å². The molecule has 2 heterocycles. The fourth-order valence-electron chi connectivity index (χ4n) is 5.12. The lowest BCUT2D eigenvalue weighted by Crippen LogP contribution is -2.33. The Morgan fingerprint density at radius 2 is 1.81 bits per heavy atom. The first-order valence-corrected chi connectivity index (χ1v) is 12.2. The van der Waals surface area contributed by atoms with E-state index in [1.165, 1.54) is 43.0 Å². The number of phenols is 1. The van der Waals surface area contributed by atoms with E-state index < -0.39 is 17.9 Å². The molecular weight excluding hydrogens is 463 g/mol. The fourth-order valence-corrected chi connectivity index (χ4v) is 5.12. The van der Waals surface area contributed by atoms with Crippen molar-refractivity contribution in [1.82, 2.24) is 19.9 Å². The highest BCUT2D eigenvalue weighted by Crippen LogP contribution is 2.39. The van der Waals surface area contributed by atoms with E-state index in [1.54, 1.807) is 16.8 Å². The number of aromatic nitrogens is 3. The van der Waals surface area contributed by atoms with E-state index >= 15 is 0 Å². The van der Waals surface area contributed by atoms with Crippen LogP contribution in [0.3, 0.4) is 0 Å². The van der Waals surface area contributed by atoms with Gasteiger partial charge in [-0.2, -0.15) is 5.10 Å². The number of hydrogen-bond donors (Lipinski definition) is 3. The Morgan fingerprint density at radius 3 is 2.47 bits per heavy atom. The first-order valence-electron chi connectivity index (χ1n) is 12.2. The van der Waals surface area contributed by atoms with Crippen LogP contribution in [0.15, 0.2) is 54.6 Å². The number of benzene rings is 1. The highest BCUT2D eigenvalue weighted by Gasteiger charge is 2.28. The van der Waals surface area contributed by atoms with Gasteiger partial charge in [-0.05, 0) is 48.6 Å². The van der Waals surface area contributed by atoms with Crippen molar-refractivity contribution in [2.45, 2.75) is 56.9 Å². The maximum Gasteiger partial charge on any atom is 0.330 e. The van der Waals surface area contributed by atoms with E-state index in [0.717, 1.165) is 42.5 Å². The number of nitrogens with zero attached hydrogens (tertiary/aromatic N) is 3. The number of amides is 1. The van der Waals surface area contributed by atoms with Crippen molar-refractivity contribution in [3.8, 4) is 5.75 Å². The quantitative estimate of drug-likeness (QED) is 0.444. The van der Waals surface area contributed by atoms with Crippen LogP contribution >= 0.6 is 0 Å². The Kier molecular flexibility index (Phi) is 6.54. The number of aliphatic carboxylic acids is 1. The van der Waals surface area contributed by atoms with Gasteiger partial charge in [-0.3, -0.25) is 4.79 Å². The van der Waals surface area contributed by atoms with E-state index in [0.29, 0.717) is 24.1 Å². The molecule has 36 heavy (non-hydrogen) atoms. The molecule has 1 aromatic carbocycles. The van der Waals surface area contributed by atoms with Crippen LogP contribution in [-0.4, -0.2) is 36.7 Å². The number of aromatic hydroxyl groups is 1. The minimum absolute atomic E-state index is 0.00148. The largest absolute Gasteiger partial charge is 0.508 e. The first kappa shape index (κ1) is 23.7. The van der Waals surface area contributed by atoms with Crippen LogP contribution < -0.4 is 5.32 Å². The second kappa shape index (κ2) is 9.93. The molecule has 0 radical (unpaired) electrons. The van der Waals surface area contributed by atoms with Crippen molar-refractivity contribution in [2.75, 3.05) is 0 Å². The zero-order chi connectivity index (χ0) is 25.2. The molecule has 8 nitrogen and oxygen atoms in total. The van der Waals surface area contributed by atoms with E-state index in [-0.39, 0.29) is 23.1 Å². The smallest absolute Gasteiger partial charge is 0.330 e. The molecule has 2 aliphatic rings. The summed E-state index contributed by atoms with van der Waals surface area (Å²) in [4.78, 5) is 29.7. The van der Waals surface area contributed by atoms with Gasteiger partial charge in [0.25, 0.3) is 5.91 Å². The normalized spacial score (nSPS) is 17.4. The van der Waals surface area contributed by atoms with Gasteiger partial charge in [-0.15, -0.1) is 0 Å². The lowest BCUT2D eigenvalue weighted by atomic mass is 9.83. The van der Waals surface area contributed by atoms with Crippen LogP contribution in [0.25, 0.3) is 11.2 Å². The average Bonchev–Trinajstić information content (AvgIpc) is 3.32. The lowest BCUT2D eigenvalue weighted by Gasteiger charge is -2.26. The van der Waals surface area contributed by atoms with Crippen molar-refractivity contribution in [1.29, 1.82) is 0 Å². The molecule has 0 aliphatic heterocycles. The molecule has 0 saturated heterocycles. The van der Waals surface area contributed by atoms with E-state index in [4.69, 9.17) is 0 Å². The Labute approximate surface area is 207 Å². The van der Waals surface area contributed by atoms with Crippen molar-refractivity contribution in [2.24, 2.45) is 0 Å². The monoisotopic (exact) mass is 490 g/mol. The third-order valence-electron chi connectivity index (χ3n) is 6.99. The van der Waals surface area contributed by atoms with Crippen molar-refractivity contribution in [3.63, 3.8) is 0 Å². The predicted octanol–water partition coefficient (Wildman–Crippen LogP) is 5.07. The summed E-state index contributed by atoms with van der Waals surface area (Å²) in [5.41, 5.74) is 3.73. The summed E-state index contributed by atoms with van der Waals surface area (Å²) in [6.07, 6.45) is 12.7. The number of carbonyl (C=O) groups is 2. The zero-order valence-corrected chi connectivity index (χ0v) is 19.7. The molecule has 5 rings (SSSR count). The van der Waals surface area contributed by atoms with Gasteiger partial charge < -0.3 is 15.5 Å². The number of fused-ring (bicyclic) bond motifs is 1. The number of phenolic OH excluding ortho intramolecular Hbond substituents is 1. The molecule has 9 heteroatoms. The Bertz CT molecular complexity index is 1370. The number of carboxylic acids is 1. The van der Waals surface area contributed by atoms with Crippen LogP contribution in [-0.2, 0) is 4.79 Å². The average molecular weight is 491 g/mol. The molecule has 2 aliphatic carbocycles. The highest BCUT2D eigenvalue weighted by molar-refractivity contribution is 6.01. The Morgan fingerprint density at radius 1 is 1.06 bits per heavy atom. The number of carboxylic acid groups (broad SMARTS) is 1. The number of rotatable bonds is 6. The van der Waals surface area contributed by atoms with E-state index in [9.17, 15) is 24.2 Å². The topological polar surface area (TPSA) is 117 Å². The Balaban J connectivity index is 1.53. The summed E-state index contributed by atoms with van der Waals surface area (Å²) >= 11 is 0. The van der Waals surface area contributed by atoms with Gasteiger partial charge in [0.05, 0.1) is 11.9 Å². The third kappa shape index (κ3) is 4.60. The number of carbonyl (C=O) groups excluding carboxylic acids is 1. The molecule has 0 spiro atoms. The first-order chi connectivity index (χ1) is 17.4. The van der Waals surface area contributed by atoms with Crippen LogP contribution in [0.5, 0.6) is 5.75 Å². The maximum absolute atomic E-state index is 13.7. The van der Waals surface area contributed by atoms with Crippen LogP contribution in [0, 0.1) is 0 Å². The summed E-state index contributed by atoms with van der Waals surface area (Å²) in [6, 6.07) is 4.33. The molecule has 0 bridgehead atoms. The second-order valence-corrected chi connectivity index (χ2v) is 9.33. The number of hydrogen-bond acceptors (Lipinski definition) is 5. The van der Waals surface area contributed by atoms with E-state index in [1.807, 2.05) is 0 Å². The molecule has 1 fully saturated rings. The van der Waals surface area contributed by atoms with Gasteiger partial charge in [-0.25, -0.2) is 18.7 Å².